The first-order valence-corrected chi connectivity index (χ1v) is 9.30. The van der Waals surface area contributed by atoms with Gasteiger partial charge in [-0.1, -0.05) is 26.2 Å². The van der Waals surface area contributed by atoms with Gasteiger partial charge in [-0.15, -0.1) is 0 Å². The van der Waals surface area contributed by atoms with Gasteiger partial charge < -0.3 is 14.8 Å². The number of carbonyl (C=O) groups excluding carboxylic acids is 2. The molecule has 7 nitrogen and oxygen atoms in total. The predicted octanol–water partition coefficient (Wildman–Crippen LogP) is 3.81. The van der Waals surface area contributed by atoms with Crippen molar-refractivity contribution in [3.63, 3.8) is 0 Å². The standard InChI is InChI=1S/C20H27N3O4/c1-4-6-7-8-13-27-16-11-9-15(10-12-16)19(24)22-18-17(14-21-23(18)3)20(25)26-5-2/h9-12,14H,4-8,13H2,1-3H3,(H,22,24). The molecular weight excluding hydrogens is 346 g/mol. The van der Waals surface area contributed by atoms with Crippen LogP contribution in [0, 0.1) is 0 Å². The maximum absolute atomic E-state index is 12.5. The molecule has 0 atom stereocenters. The molecule has 0 spiro atoms. The molecule has 2 aromatic rings. The van der Waals surface area contributed by atoms with Crippen LogP contribution in [0.3, 0.4) is 0 Å². The average Bonchev–Trinajstić information content (AvgIpc) is 3.03. The first-order valence-electron chi connectivity index (χ1n) is 9.30. The molecule has 0 aliphatic carbocycles. The Hall–Kier alpha value is -2.83. The lowest BCUT2D eigenvalue weighted by Crippen LogP contribution is -2.17. The van der Waals surface area contributed by atoms with Crippen molar-refractivity contribution in [2.75, 3.05) is 18.5 Å². The summed E-state index contributed by atoms with van der Waals surface area (Å²) in [5.74, 6) is 0.178. The summed E-state index contributed by atoms with van der Waals surface area (Å²) in [5.41, 5.74) is 0.684. The summed E-state index contributed by atoms with van der Waals surface area (Å²) in [4.78, 5) is 24.5. The molecule has 7 heteroatoms. The van der Waals surface area contributed by atoms with Crippen LogP contribution in [-0.4, -0.2) is 34.9 Å². The minimum Gasteiger partial charge on any atom is -0.494 e. The van der Waals surface area contributed by atoms with E-state index in [2.05, 4.69) is 17.3 Å². The van der Waals surface area contributed by atoms with Gasteiger partial charge in [-0.05, 0) is 37.6 Å². The van der Waals surface area contributed by atoms with E-state index in [1.807, 2.05) is 0 Å². The van der Waals surface area contributed by atoms with Crippen molar-refractivity contribution in [3.05, 3.63) is 41.6 Å². The van der Waals surface area contributed by atoms with Crippen molar-refractivity contribution in [2.24, 2.45) is 7.05 Å². The second-order valence-corrected chi connectivity index (χ2v) is 6.14. The number of esters is 1. The molecule has 0 aliphatic rings. The van der Waals surface area contributed by atoms with Gasteiger partial charge in [-0.25, -0.2) is 4.79 Å². The Morgan fingerprint density at radius 2 is 1.85 bits per heavy atom. The smallest absolute Gasteiger partial charge is 0.343 e. The number of aryl methyl sites for hydroxylation is 1. The number of aromatic nitrogens is 2. The molecule has 27 heavy (non-hydrogen) atoms. The van der Waals surface area contributed by atoms with Crippen LogP contribution >= 0.6 is 0 Å². The number of ether oxygens (including phenoxy) is 2. The first kappa shape index (κ1) is 20.5. The number of unbranched alkanes of at least 4 members (excludes halogenated alkanes) is 3. The zero-order valence-electron chi connectivity index (χ0n) is 16.2. The molecule has 0 radical (unpaired) electrons. The summed E-state index contributed by atoms with van der Waals surface area (Å²) in [6, 6.07) is 6.92. The molecule has 0 aliphatic heterocycles. The summed E-state index contributed by atoms with van der Waals surface area (Å²) in [5, 5.41) is 6.74. The topological polar surface area (TPSA) is 82.4 Å². The van der Waals surface area contributed by atoms with Gasteiger partial charge in [0.05, 0.1) is 19.4 Å². The summed E-state index contributed by atoms with van der Waals surface area (Å²) < 4.78 is 12.1. The molecule has 1 heterocycles. The van der Waals surface area contributed by atoms with Gasteiger partial charge in [-0.3, -0.25) is 9.48 Å². The lowest BCUT2D eigenvalue weighted by Gasteiger charge is -2.09. The van der Waals surface area contributed by atoms with Crippen molar-refractivity contribution >= 4 is 17.7 Å². The number of nitrogens with one attached hydrogen (secondary N) is 1. The molecule has 1 aromatic carbocycles. The maximum Gasteiger partial charge on any atom is 0.343 e. The fourth-order valence-electron chi connectivity index (χ4n) is 2.55. The van der Waals surface area contributed by atoms with E-state index in [1.165, 1.54) is 23.7 Å². The number of rotatable bonds is 10. The van der Waals surface area contributed by atoms with E-state index in [9.17, 15) is 9.59 Å². The number of benzene rings is 1. The molecule has 146 valence electrons. The van der Waals surface area contributed by atoms with Crippen LogP contribution in [0.2, 0.25) is 0 Å². The van der Waals surface area contributed by atoms with Crippen LogP contribution in [0.4, 0.5) is 5.82 Å². The van der Waals surface area contributed by atoms with E-state index in [0.29, 0.717) is 18.0 Å². The third-order valence-electron chi connectivity index (χ3n) is 4.05. The van der Waals surface area contributed by atoms with Crippen LogP contribution in [0.5, 0.6) is 5.75 Å². The number of anilines is 1. The Balaban J connectivity index is 1.97. The molecule has 1 aromatic heterocycles. The zero-order valence-corrected chi connectivity index (χ0v) is 16.2. The van der Waals surface area contributed by atoms with Gasteiger partial charge in [0.15, 0.2) is 0 Å². The van der Waals surface area contributed by atoms with E-state index < -0.39 is 5.97 Å². The van der Waals surface area contributed by atoms with Gasteiger partial charge >= 0.3 is 5.97 Å². The van der Waals surface area contributed by atoms with Gasteiger partial charge in [0, 0.05) is 12.6 Å². The Morgan fingerprint density at radius 3 is 2.52 bits per heavy atom. The SMILES string of the molecule is CCCCCCOc1ccc(C(=O)Nc2c(C(=O)OCC)cnn2C)cc1. The molecule has 0 saturated heterocycles. The largest absolute Gasteiger partial charge is 0.494 e. The summed E-state index contributed by atoms with van der Waals surface area (Å²) >= 11 is 0. The van der Waals surface area contributed by atoms with Gasteiger partial charge in [0.25, 0.3) is 5.91 Å². The van der Waals surface area contributed by atoms with Crippen LogP contribution in [0.1, 0.15) is 60.2 Å². The van der Waals surface area contributed by atoms with Gasteiger partial charge in [0.1, 0.15) is 17.1 Å². The first-order chi connectivity index (χ1) is 13.1. The second kappa shape index (κ2) is 10.4. The van der Waals surface area contributed by atoms with Gasteiger partial charge in [-0.2, -0.15) is 5.10 Å². The fraction of sp³-hybridized carbons (Fsp3) is 0.450. The minimum atomic E-state index is -0.521. The molecule has 0 unspecified atom stereocenters. The highest BCUT2D eigenvalue weighted by atomic mass is 16.5. The van der Waals surface area contributed by atoms with E-state index >= 15 is 0 Å². The zero-order chi connectivity index (χ0) is 19.6. The number of amides is 1. The lowest BCUT2D eigenvalue weighted by molar-refractivity contribution is 0.0527. The van der Waals surface area contributed by atoms with Crippen LogP contribution in [0.25, 0.3) is 0 Å². The minimum absolute atomic E-state index is 0.222. The summed E-state index contributed by atoms with van der Waals surface area (Å²) in [6.07, 6.45) is 5.96. The highest BCUT2D eigenvalue weighted by Crippen LogP contribution is 2.18. The van der Waals surface area contributed by atoms with Crippen molar-refractivity contribution in [2.45, 2.75) is 39.5 Å². The van der Waals surface area contributed by atoms with E-state index in [1.54, 1.807) is 38.2 Å². The molecule has 2 rings (SSSR count). The average molecular weight is 373 g/mol. The van der Waals surface area contributed by atoms with E-state index in [-0.39, 0.29) is 18.1 Å². The Morgan fingerprint density at radius 1 is 1.11 bits per heavy atom. The van der Waals surface area contributed by atoms with Gasteiger partial charge in [0.2, 0.25) is 0 Å². The fourth-order valence-corrected chi connectivity index (χ4v) is 2.55. The molecule has 0 bridgehead atoms. The molecule has 1 N–H and O–H groups in total. The van der Waals surface area contributed by atoms with Crippen LogP contribution in [-0.2, 0) is 11.8 Å². The second-order valence-electron chi connectivity index (χ2n) is 6.14. The van der Waals surface area contributed by atoms with E-state index in [0.717, 1.165) is 18.6 Å². The van der Waals surface area contributed by atoms with Crippen LogP contribution in [0.15, 0.2) is 30.5 Å². The maximum atomic E-state index is 12.5. The Kier molecular flexibility index (Phi) is 7.85. The normalized spacial score (nSPS) is 10.5. The number of carbonyl (C=O) groups is 2. The predicted molar refractivity (Wildman–Crippen MR) is 103 cm³/mol. The third-order valence-corrected chi connectivity index (χ3v) is 4.05. The Labute approximate surface area is 159 Å². The summed E-state index contributed by atoms with van der Waals surface area (Å²) in [6.45, 7) is 4.82. The third kappa shape index (κ3) is 5.84. The molecule has 0 fully saturated rings. The number of nitrogens with zero attached hydrogens (tertiary/aromatic N) is 2. The number of hydrogen-bond acceptors (Lipinski definition) is 5. The monoisotopic (exact) mass is 373 g/mol. The molecule has 0 saturated carbocycles. The van der Waals surface area contributed by atoms with Crippen molar-refractivity contribution in [1.29, 1.82) is 0 Å². The quantitative estimate of drug-likeness (QED) is 0.506. The lowest BCUT2D eigenvalue weighted by atomic mass is 10.2. The number of hydrogen-bond donors (Lipinski definition) is 1. The van der Waals surface area contributed by atoms with Crippen molar-refractivity contribution in [1.82, 2.24) is 9.78 Å². The highest BCUT2D eigenvalue weighted by Gasteiger charge is 2.19. The molecule has 1 amide bonds. The highest BCUT2D eigenvalue weighted by molar-refractivity contribution is 6.07. The van der Waals surface area contributed by atoms with Crippen molar-refractivity contribution in [3.8, 4) is 5.75 Å². The molecular formula is C20H27N3O4. The Bertz CT molecular complexity index is 753. The van der Waals surface area contributed by atoms with Crippen LogP contribution < -0.4 is 10.1 Å². The van der Waals surface area contributed by atoms with Crippen molar-refractivity contribution < 1.29 is 19.1 Å². The summed E-state index contributed by atoms with van der Waals surface area (Å²) in [7, 11) is 1.65. The van der Waals surface area contributed by atoms with E-state index in [4.69, 9.17) is 9.47 Å².